The summed E-state index contributed by atoms with van der Waals surface area (Å²) in [7, 11) is 1.62. The Balaban J connectivity index is 1.62. The van der Waals surface area contributed by atoms with Crippen LogP contribution in [-0.4, -0.2) is 17.9 Å². The highest BCUT2D eigenvalue weighted by Gasteiger charge is 2.23. The van der Waals surface area contributed by atoms with E-state index in [0.29, 0.717) is 12.1 Å². The van der Waals surface area contributed by atoms with Crippen LogP contribution in [0.1, 0.15) is 34.5 Å². The van der Waals surface area contributed by atoms with Gasteiger partial charge in [0.05, 0.1) is 13.2 Å². The Kier molecular flexibility index (Phi) is 7.06. The summed E-state index contributed by atoms with van der Waals surface area (Å²) in [6.45, 7) is 2.51. The minimum atomic E-state index is -0.112. The van der Waals surface area contributed by atoms with Gasteiger partial charge in [-0.1, -0.05) is 60.7 Å². The number of carbonyl (C=O) groups excluding carboxylic acids is 1. The maximum absolute atomic E-state index is 13.6. The quantitative estimate of drug-likeness (QED) is 0.301. The van der Waals surface area contributed by atoms with Crippen LogP contribution in [0.25, 0.3) is 0 Å². The van der Waals surface area contributed by atoms with Gasteiger partial charge >= 0.3 is 0 Å². The average molecular weight is 438 g/mol. The minimum Gasteiger partial charge on any atom is -0.497 e. The first-order valence-corrected chi connectivity index (χ1v) is 11.0. The molecule has 0 spiro atoms. The molecule has 0 N–H and O–H groups in total. The predicted molar refractivity (Wildman–Crippen MR) is 131 cm³/mol. The van der Waals surface area contributed by atoms with E-state index in [4.69, 9.17) is 9.47 Å². The Morgan fingerprint density at radius 2 is 1.39 bits per heavy atom. The Hall–Kier alpha value is -4.05. The number of rotatable bonds is 8. The highest BCUT2D eigenvalue weighted by molar-refractivity contribution is 5.94. The summed E-state index contributed by atoms with van der Waals surface area (Å²) >= 11 is 0. The van der Waals surface area contributed by atoms with E-state index >= 15 is 0 Å². The molecule has 0 fully saturated rings. The molecule has 0 saturated carbocycles. The molecule has 4 aromatic carbocycles. The van der Waals surface area contributed by atoms with Crippen molar-refractivity contribution < 1.29 is 14.3 Å². The van der Waals surface area contributed by atoms with Crippen LogP contribution in [0, 0.1) is 0 Å². The SMILES string of the molecule is COc1ccc(C(=O)N(Cc2cccc(Oc3ccccc3)c2)C(C)c2ccccc2)cc1. The second-order valence-electron chi connectivity index (χ2n) is 7.81. The molecule has 4 aromatic rings. The highest BCUT2D eigenvalue weighted by Crippen LogP contribution is 2.27. The molecular formula is C29H27NO3. The molecule has 1 atom stereocenters. The molecule has 0 saturated heterocycles. The number of hydrogen-bond acceptors (Lipinski definition) is 3. The van der Waals surface area contributed by atoms with E-state index < -0.39 is 0 Å². The van der Waals surface area contributed by atoms with Crippen LogP contribution < -0.4 is 9.47 Å². The summed E-state index contributed by atoms with van der Waals surface area (Å²) in [5, 5.41) is 0. The molecule has 33 heavy (non-hydrogen) atoms. The summed E-state index contributed by atoms with van der Waals surface area (Å²) in [6.07, 6.45) is 0. The van der Waals surface area contributed by atoms with Gasteiger partial charge in [-0.15, -0.1) is 0 Å². The van der Waals surface area contributed by atoms with Crippen molar-refractivity contribution in [3.63, 3.8) is 0 Å². The van der Waals surface area contributed by atoms with Crippen LogP contribution in [0.5, 0.6) is 17.2 Å². The third kappa shape index (κ3) is 5.60. The topological polar surface area (TPSA) is 38.8 Å². The summed E-state index contributed by atoms with van der Waals surface area (Å²) < 4.78 is 11.2. The third-order valence-electron chi connectivity index (χ3n) is 5.58. The molecule has 0 radical (unpaired) electrons. The first-order chi connectivity index (χ1) is 16.1. The average Bonchev–Trinajstić information content (AvgIpc) is 2.88. The molecule has 0 bridgehead atoms. The second-order valence-corrected chi connectivity index (χ2v) is 7.81. The van der Waals surface area contributed by atoms with Gasteiger partial charge in [-0.3, -0.25) is 4.79 Å². The van der Waals surface area contributed by atoms with E-state index in [0.717, 1.165) is 28.4 Å². The van der Waals surface area contributed by atoms with Crippen molar-refractivity contribution >= 4 is 5.91 Å². The zero-order valence-corrected chi connectivity index (χ0v) is 18.8. The molecular weight excluding hydrogens is 410 g/mol. The van der Waals surface area contributed by atoms with Crippen molar-refractivity contribution in [2.75, 3.05) is 7.11 Å². The first-order valence-electron chi connectivity index (χ1n) is 11.0. The van der Waals surface area contributed by atoms with Gasteiger partial charge in [0.25, 0.3) is 5.91 Å². The van der Waals surface area contributed by atoms with Crippen molar-refractivity contribution in [1.82, 2.24) is 4.90 Å². The van der Waals surface area contributed by atoms with Crippen molar-refractivity contribution in [1.29, 1.82) is 0 Å². The van der Waals surface area contributed by atoms with Gasteiger partial charge in [0.2, 0.25) is 0 Å². The predicted octanol–water partition coefficient (Wildman–Crippen LogP) is 6.89. The van der Waals surface area contributed by atoms with Crippen molar-refractivity contribution in [3.8, 4) is 17.2 Å². The number of nitrogens with zero attached hydrogens (tertiary/aromatic N) is 1. The van der Waals surface area contributed by atoms with E-state index in [-0.39, 0.29) is 11.9 Å². The Bertz CT molecular complexity index is 1170. The number of carbonyl (C=O) groups is 1. The molecule has 0 heterocycles. The molecule has 1 amide bonds. The van der Waals surface area contributed by atoms with Crippen LogP contribution in [0.4, 0.5) is 0 Å². The first kappa shape index (κ1) is 22.2. The lowest BCUT2D eigenvalue weighted by Crippen LogP contribution is -2.33. The largest absolute Gasteiger partial charge is 0.497 e. The van der Waals surface area contributed by atoms with Crippen molar-refractivity contribution in [3.05, 3.63) is 126 Å². The highest BCUT2D eigenvalue weighted by atomic mass is 16.5. The molecule has 4 heteroatoms. The molecule has 4 rings (SSSR count). The summed E-state index contributed by atoms with van der Waals surface area (Å²) in [6, 6.07) is 34.8. The van der Waals surface area contributed by atoms with Gasteiger partial charge in [-0.05, 0) is 66.6 Å². The molecule has 0 aromatic heterocycles. The van der Waals surface area contributed by atoms with Crippen LogP contribution >= 0.6 is 0 Å². The van der Waals surface area contributed by atoms with Crippen molar-refractivity contribution in [2.45, 2.75) is 19.5 Å². The Morgan fingerprint density at radius 1 is 0.758 bits per heavy atom. The van der Waals surface area contributed by atoms with Gasteiger partial charge in [0.15, 0.2) is 0 Å². The number of para-hydroxylation sites is 1. The summed E-state index contributed by atoms with van der Waals surface area (Å²) in [4.78, 5) is 15.5. The van der Waals surface area contributed by atoms with Crippen LogP contribution in [0.2, 0.25) is 0 Å². The Morgan fingerprint density at radius 3 is 2.06 bits per heavy atom. The lowest BCUT2D eigenvalue weighted by atomic mass is 10.0. The fourth-order valence-corrected chi connectivity index (χ4v) is 3.72. The maximum atomic E-state index is 13.6. The second kappa shape index (κ2) is 10.5. The van der Waals surface area contributed by atoms with Crippen LogP contribution in [0.3, 0.4) is 0 Å². The fraction of sp³-hybridized carbons (Fsp3) is 0.138. The molecule has 1 unspecified atom stereocenters. The van der Waals surface area contributed by atoms with E-state index in [2.05, 4.69) is 6.92 Å². The normalized spacial score (nSPS) is 11.5. The zero-order valence-electron chi connectivity index (χ0n) is 18.8. The maximum Gasteiger partial charge on any atom is 0.254 e. The Labute approximate surface area is 195 Å². The number of amides is 1. The van der Waals surface area contributed by atoms with Gasteiger partial charge in [-0.25, -0.2) is 0 Å². The fourth-order valence-electron chi connectivity index (χ4n) is 3.72. The summed E-state index contributed by atoms with van der Waals surface area (Å²) in [5.41, 5.74) is 2.69. The number of ether oxygens (including phenoxy) is 2. The lowest BCUT2D eigenvalue weighted by Gasteiger charge is -2.30. The van der Waals surface area contributed by atoms with Crippen LogP contribution in [-0.2, 0) is 6.54 Å². The van der Waals surface area contributed by atoms with E-state index in [1.165, 1.54) is 0 Å². The van der Waals surface area contributed by atoms with Crippen molar-refractivity contribution in [2.24, 2.45) is 0 Å². The zero-order chi connectivity index (χ0) is 23.0. The summed E-state index contributed by atoms with van der Waals surface area (Å²) in [5.74, 6) is 2.20. The van der Waals surface area contributed by atoms with E-state index in [9.17, 15) is 4.79 Å². The van der Waals surface area contributed by atoms with Crippen LogP contribution in [0.15, 0.2) is 109 Å². The third-order valence-corrected chi connectivity index (χ3v) is 5.58. The number of benzene rings is 4. The molecule has 0 aliphatic rings. The molecule has 166 valence electrons. The van der Waals surface area contributed by atoms with E-state index in [1.807, 2.05) is 102 Å². The van der Waals surface area contributed by atoms with E-state index in [1.54, 1.807) is 19.2 Å². The smallest absolute Gasteiger partial charge is 0.254 e. The monoisotopic (exact) mass is 437 g/mol. The molecule has 0 aliphatic carbocycles. The number of hydrogen-bond donors (Lipinski definition) is 0. The standard InChI is InChI=1S/C29H27NO3/c1-22(24-11-5-3-6-12-24)30(29(31)25-16-18-26(32-2)19-17-25)21-23-10-9-15-28(20-23)33-27-13-7-4-8-14-27/h3-20,22H,21H2,1-2H3. The number of methoxy groups -OCH3 is 1. The molecule has 4 nitrogen and oxygen atoms in total. The van der Waals surface area contributed by atoms with Gasteiger partial charge < -0.3 is 14.4 Å². The van der Waals surface area contributed by atoms with Gasteiger partial charge in [0.1, 0.15) is 17.2 Å². The van der Waals surface area contributed by atoms with Gasteiger partial charge in [-0.2, -0.15) is 0 Å². The van der Waals surface area contributed by atoms with Gasteiger partial charge in [0, 0.05) is 12.1 Å². The molecule has 0 aliphatic heterocycles. The lowest BCUT2D eigenvalue weighted by molar-refractivity contribution is 0.0674. The minimum absolute atomic E-state index is 0.0385.